The molecule has 2 rings (SSSR count). The van der Waals surface area contributed by atoms with Gasteiger partial charge >= 0.3 is 0 Å². The van der Waals surface area contributed by atoms with Gasteiger partial charge < -0.3 is 14.6 Å². The summed E-state index contributed by atoms with van der Waals surface area (Å²) in [6.45, 7) is 8.79. The van der Waals surface area contributed by atoms with Gasteiger partial charge in [-0.25, -0.2) is 4.98 Å². The summed E-state index contributed by atoms with van der Waals surface area (Å²) in [4.78, 5) is 4.59. The molecule has 0 aliphatic heterocycles. The average molecular weight is 307 g/mol. The molecule has 0 fully saturated rings. The van der Waals surface area contributed by atoms with E-state index < -0.39 is 0 Å². The lowest BCUT2D eigenvalue weighted by Gasteiger charge is -2.15. The minimum absolute atomic E-state index is 0.368. The summed E-state index contributed by atoms with van der Waals surface area (Å²) in [6.07, 6.45) is 4.14. The first-order valence-corrected chi connectivity index (χ1v) is 8.52. The first kappa shape index (κ1) is 16.0. The third kappa shape index (κ3) is 5.17. The first-order valence-electron chi connectivity index (χ1n) is 7.58. The smallest absolute Gasteiger partial charge is 0.203 e. The zero-order chi connectivity index (χ0) is 15.1. The molecule has 2 aromatic rings. The van der Waals surface area contributed by atoms with Crippen LogP contribution in [0.2, 0.25) is 0 Å². The fourth-order valence-electron chi connectivity index (χ4n) is 2.35. The van der Waals surface area contributed by atoms with Crippen molar-refractivity contribution in [2.24, 2.45) is 0 Å². The summed E-state index contributed by atoms with van der Waals surface area (Å²) in [5, 5.41) is 7.86. The van der Waals surface area contributed by atoms with Gasteiger partial charge in [0.15, 0.2) is 0 Å². The molecule has 0 spiro atoms. The number of hydrogen-bond acceptors (Lipinski definition) is 4. The lowest BCUT2D eigenvalue weighted by molar-refractivity contribution is 0.142. The van der Waals surface area contributed by atoms with Crippen LogP contribution >= 0.6 is 11.3 Å². The van der Waals surface area contributed by atoms with Gasteiger partial charge in [0, 0.05) is 32.0 Å². The highest BCUT2D eigenvalue weighted by molar-refractivity contribution is 7.07. The molecule has 1 unspecified atom stereocenters. The van der Waals surface area contributed by atoms with Gasteiger partial charge in [0.2, 0.25) is 5.95 Å². The summed E-state index contributed by atoms with van der Waals surface area (Å²) in [5.41, 5.74) is 2.43. The van der Waals surface area contributed by atoms with E-state index >= 15 is 0 Å². The Hall–Kier alpha value is -1.33. The fourth-order valence-corrected chi connectivity index (χ4v) is 3.03. The fraction of sp³-hybridized carbons (Fsp3) is 0.562. The van der Waals surface area contributed by atoms with E-state index in [0.717, 1.165) is 44.2 Å². The quantitative estimate of drug-likeness (QED) is 0.718. The number of aromatic nitrogens is 2. The highest BCUT2D eigenvalue weighted by Crippen LogP contribution is 2.14. The van der Waals surface area contributed by atoms with E-state index in [9.17, 15) is 0 Å². The molecule has 0 aromatic carbocycles. The highest BCUT2D eigenvalue weighted by Gasteiger charge is 2.10. The lowest BCUT2D eigenvalue weighted by atomic mass is 10.1. The molecule has 2 heterocycles. The molecule has 116 valence electrons. The summed E-state index contributed by atoms with van der Waals surface area (Å²) in [6, 6.07) is 2.55. The average Bonchev–Trinajstić information content (AvgIpc) is 3.05. The maximum absolute atomic E-state index is 5.40. The molecule has 1 N–H and O–H groups in total. The van der Waals surface area contributed by atoms with Crippen LogP contribution in [0.4, 0.5) is 5.95 Å². The number of nitrogens with one attached hydrogen (secondary N) is 1. The van der Waals surface area contributed by atoms with E-state index in [1.807, 2.05) is 13.8 Å². The van der Waals surface area contributed by atoms with Crippen molar-refractivity contribution in [1.82, 2.24) is 9.55 Å². The number of aryl methyl sites for hydroxylation is 2. The van der Waals surface area contributed by atoms with Gasteiger partial charge in [-0.15, -0.1) is 0 Å². The summed E-state index contributed by atoms with van der Waals surface area (Å²) in [7, 11) is 0. The molecular formula is C16H25N3OS. The van der Waals surface area contributed by atoms with E-state index in [2.05, 4.69) is 44.8 Å². The number of rotatable bonds is 9. The van der Waals surface area contributed by atoms with Crippen molar-refractivity contribution in [3.05, 3.63) is 34.3 Å². The molecule has 0 bridgehead atoms. The van der Waals surface area contributed by atoms with Crippen molar-refractivity contribution < 1.29 is 4.74 Å². The van der Waals surface area contributed by atoms with Crippen molar-refractivity contribution in [3.63, 3.8) is 0 Å². The van der Waals surface area contributed by atoms with Gasteiger partial charge in [0.1, 0.15) is 0 Å². The van der Waals surface area contributed by atoms with E-state index in [0.29, 0.717) is 6.04 Å². The van der Waals surface area contributed by atoms with Crippen LogP contribution in [-0.2, 0) is 17.7 Å². The molecule has 0 aliphatic rings. The van der Waals surface area contributed by atoms with Crippen molar-refractivity contribution >= 4 is 17.3 Å². The third-order valence-corrected chi connectivity index (χ3v) is 4.02. The molecule has 0 saturated carbocycles. The second-order valence-corrected chi connectivity index (χ2v) is 6.11. The van der Waals surface area contributed by atoms with Crippen molar-refractivity contribution in [2.75, 3.05) is 18.5 Å². The molecule has 1 atom stereocenters. The second-order valence-electron chi connectivity index (χ2n) is 5.33. The van der Waals surface area contributed by atoms with Gasteiger partial charge in [0.05, 0.1) is 5.69 Å². The molecule has 5 heteroatoms. The predicted octanol–water partition coefficient (Wildman–Crippen LogP) is 3.72. The Kier molecular flexibility index (Phi) is 6.26. The largest absolute Gasteiger partial charge is 0.382 e. The summed E-state index contributed by atoms with van der Waals surface area (Å²) in [5.74, 6) is 0.965. The monoisotopic (exact) mass is 307 g/mol. The van der Waals surface area contributed by atoms with Crippen LogP contribution in [0, 0.1) is 6.92 Å². The summed E-state index contributed by atoms with van der Waals surface area (Å²) < 4.78 is 7.59. The predicted molar refractivity (Wildman–Crippen MR) is 89.2 cm³/mol. The Morgan fingerprint density at radius 2 is 2.33 bits per heavy atom. The van der Waals surface area contributed by atoms with Crippen LogP contribution in [-0.4, -0.2) is 28.8 Å². The number of nitrogens with zero attached hydrogens (tertiary/aromatic N) is 2. The molecule has 0 amide bonds. The topological polar surface area (TPSA) is 39.1 Å². The molecule has 2 aromatic heterocycles. The van der Waals surface area contributed by atoms with Crippen molar-refractivity contribution in [2.45, 2.75) is 46.2 Å². The Morgan fingerprint density at radius 1 is 1.48 bits per heavy atom. The van der Waals surface area contributed by atoms with Crippen LogP contribution in [0.5, 0.6) is 0 Å². The maximum Gasteiger partial charge on any atom is 0.203 e. The number of thiophene rings is 1. The van der Waals surface area contributed by atoms with Crippen LogP contribution in [0.1, 0.15) is 31.5 Å². The third-order valence-electron chi connectivity index (χ3n) is 3.29. The van der Waals surface area contributed by atoms with Crippen LogP contribution in [0.15, 0.2) is 23.0 Å². The normalized spacial score (nSPS) is 12.5. The van der Waals surface area contributed by atoms with E-state index in [-0.39, 0.29) is 0 Å². The zero-order valence-corrected chi connectivity index (χ0v) is 13.9. The maximum atomic E-state index is 5.40. The lowest BCUT2D eigenvalue weighted by Crippen LogP contribution is -2.21. The Labute approximate surface area is 131 Å². The Morgan fingerprint density at radius 3 is 3.05 bits per heavy atom. The zero-order valence-electron chi connectivity index (χ0n) is 13.1. The van der Waals surface area contributed by atoms with Gasteiger partial charge in [0.25, 0.3) is 0 Å². The van der Waals surface area contributed by atoms with Gasteiger partial charge in [-0.1, -0.05) is 0 Å². The molecular weight excluding hydrogens is 282 g/mol. The number of imidazole rings is 1. The molecule has 4 nitrogen and oxygen atoms in total. The number of hydrogen-bond donors (Lipinski definition) is 1. The van der Waals surface area contributed by atoms with E-state index in [1.165, 1.54) is 5.56 Å². The van der Waals surface area contributed by atoms with E-state index in [1.54, 1.807) is 11.3 Å². The highest BCUT2D eigenvalue weighted by atomic mass is 32.1. The number of ether oxygens (including phenoxy) is 1. The van der Waals surface area contributed by atoms with Crippen LogP contribution in [0.25, 0.3) is 0 Å². The SMILES string of the molecule is CCOCCCn1cc(C)nc1NC(C)Cc1ccsc1. The molecule has 0 radical (unpaired) electrons. The van der Waals surface area contributed by atoms with Crippen LogP contribution in [0.3, 0.4) is 0 Å². The molecule has 21 heavy (non-hydrogen) atoms. The molecule has 0 aliphatic carbocycles. The first-order chi connectivity index (χ1) is 10.2. The Balaban J connectivity index is 1.89. The van der Waals surface area contributed by atoms with Crippen molar-refractivity contribution in [1.29, 1.82) is 0 Å². The minimum atomic E-state index is 0.368. The Bertz CT molecular complexity index is 522. The van der Waals surface area contributed by atoms with Gasteiger partial charge in [-0.05, 0) is 56.0 Å². The van der Waals surface area contributed by atoms with Gasteiger partial charge in [-0.3, -0.25) is 0 Å². The second kappa shape index (κ2) is 8.20. The molecule has 0 saturated heterocycles. The van der Waals surface area contributed by atoms with Gasteiger partial charge in [-0.2, -0.15) is 11.3 Å². The number of anilines is 1. The minimum Gasteiger partial charge on any atom is -0.382 e. The standard InChI is InChI=1S/C16H25N3OS/c1-4-20-8-5-7-19-11-14(3)18-16(19)17-13(2)10-15-6-9-21-12-15/h6,9,11-13H,4-5,7-8,10H2,1-3H3,(H,17,18). The summed E-state index contributed by atoms with van der Waals surface area (Å²) >= 11 is 1.75. The van der Waals surface area contributed by atoms with E-state index in [4.69, 9.17) is 4.74 Å². The van der Waals surface area contributed by atoms with Crippen molar-refractivity contribution in [3.8, 4) is 0 Å². The van der Waals surface area contributed by atoms with Crippen LogP contribution < -0.4 is 5.32 Å².